The lowest BCUT2D eigenvalue weighted by Crippen LogP contribution is -2.53. The summed E-state index contributed by atoms with van der Waals surface area (Å²) in [6.45, 7) is 4.01. The molecule has 1 heterocycles. The van der Waals surface area contributed by atoms with Gasteiger partial charge in [-0.2, -0.15) is 0 Å². The number of hydrogen-bond acceptors (Lipinski definition) is 5. The number of rotatable bonds is 4. The van der Waals surface area contributed by atoms with E-state index in [0.29, 0.717) is 30.6 Å². The van der Waals surface area contributed by atoms with Crippen LogP contribution in [-0.4, -0.2) is 45.6 Å². The minimum atomic E-state index is -1.28. The molecule has 0 bridgehead atoms. The third kappa shape index (κ3) is 3.85. The fraction of sp³-hybridized carbons (Fsp3) is 0.350. The van der Waals surface area contributed by atoms with Crippen molar-refractivity contribution in [2.75, 3.05) is 19.6 Å². The highest BCUT2D eigenvalue weighted by Crippen LogP contribution is 2.39. The van der Waals surface area contributed by atoms with Crippen molar-refractivity contribution < 1.29 is 20.1 Å². The van der Waals surface area contributed by atoms with Crippen LogP contribution in [0.3, 0.4) is 0 Å². The Morgan fingerprint density at radius 2 is 1.62 bits per heavy atom. The second-order valence-electron chi connectivity index (χ2n) is 6.58. The SMILES string of the molecule is CCN1CC[C@@](O)(c2ccc(O)cc2)[C@H](C(=O)c2ccc(O)cc2)C1.Cl. The van der Waals surface area contributed by atoms with Crippen molar-refractivity contribution in [3.63, 3.8) is 0 Å². The van der Waals surface area contributed by atoms with Gasteiger partial charge in [0.25, 0.3) is 0 Å². The number of benzene rings is 2. The zero-order chi connectivity index (χ0) is 18.0. The summed E-state index contributed by atoms with van der Waals surface area (Å²) >= 11 is 0. The molecule has 1 aliphatic heterocycles. The summed E-state index contributed by atoms with van der Waals surface area (Å²) in [5.41, 5.74) is -0.176. The van der Waals surface area contributed by atoms with Crippen molar-refractivity contribution in [2.24, 2.45) is 5.92 Å². The quantitative estimate of drug-likeness (QED) is 0.714. The second-order valence-corrected chi connectivity index (χ2v) is 6.58. The first-order valence-corrected chi connectivity index (χ1v) is 8.51. The number of hydrogen-bond donors (Lipinski definition) is 3. The summed E-state index contributed by atoms with van der Waals surface area (Å²) in [6.07, 6.45) is 0.445. The van der Waals surface area contributed by atoms with Crippen LogP contribution in [0.2, 0.25) is 0 Å². The van der Waals surface area contributed by atoms with E-state index in [4.69, 9.17) is 0 Å². The molecule has 1 fully saturated rings. The van der Waals surface area contributed by atoms with Crippen LogP contribution in [0.15, 0.2) is 48.5 Å². The highest BCUT2D eigenvalue weighted by Gasteiger charge is 2.46. The molecule has 0 saturated carbocycles. The largest absolute Gasteiger partial charge is 0.508 e. The van der Waals surface area contributed by atoms with Gasteiger partial charge in [0, 0.05) is 18.7 Å². The summed E-state index contributed by atoms with van der Waals surface area (Å²) in [5, 5.41) is 30.4. The fourth-order valence-corrected chi connectivity index (χ4v) is 3.51. The lowest BCUT2D eigenvalue weighted by Gasteiger charge is -2.44. The first kappa shape index (κ1) is 20.2. The Kier molecular flexibility index (Phi) is 6.29. The molecule has 0 aliphatic carbocycles. The van der Waals surface area contributed by atoms with Crippen LogP contribution < -0.4 is 0 Å². The molecule has 2 aromatic carbocycles. The summed E-state index contributed by atoms with van der Waals surface area (Å²) < 4.78 is 0. The van der Waals surface area contributed by atoms with Crippen molar-refractivity contribution in [1.29, 1.82) is 0 Å². The van der Waals surface area contributed by atoms with Crippen LogP contribution in [0, 0.1) is 5.92 Å². The number of carbonyl (C=O) groups is 1. The van der Waals surface area contributed by atoms with Gasteiger partial charge in [-0.05, 0) is 54.9 Å². The molecule has 0 spiro atoms. The number of phenolic OH excluding ortho intramolecular Hbond substituents is 2. The van der Waals surface area contributed by atoms with Crippen molar-refractivity contribution in [2.45, 2.75) is 18.9 Å². The highest BCUT2D eigenvalue weighted by atomic mass is 35.5. The number of likely N-dealkylation sites (tertiary alicyclic amines) is 1. The maximum Gasteiger partial charge on any atom is 0.170 e. The van der Waals surface area contributed by atoms with Crippen LogP contribution in [0.1, 0.15) is 29.3 Å². The van der Waals surface area contributed by atoms with Crippen LogP contribution in [0.25, 0.3) is 0 Å². The zero-order valence-corrected chi connectivity index (χ0v) is 15.4. The molecule has 0 amide bonds. The number of nitrogens with zero attached hydrogens (tertiary/aromatic N) is 1. The van der Waals surface area contributed by atoms with Gasteiger partial charge in [-0.1, -0.05) is 19.1 Å². The summed E-state index contributed by atoms with van der Waals surface area (Å²) in [5.74, 6) is -0.534. The maximum absolute atomic E-state index is 13.1. The Hall–Kier alpha value is -2.08. The number of piperidine rings is 1. The van der Waals surface area contributed by atoms with Crippen molar-refractivity contribution in [3.8, 4) is 11.5 Å². The van der Waals surface area contributed by atoms with Crippen LogP contribution in [-0.2, 0) is 5.60 Å². The number of aromatic hydroxyl groups is 2. The van der Waals surface area contributed by atoms with Crippen LogP contribution >= 0.6 is 12.4 Å². The lowest BCUT2D eigenvalue weighted by molar-refractivity contribution is -0.0632. The first-order valence-electron chi connectivity index (χ1n) is 8.51. The normalized spacial score (nSPS) is 23.2. The number of phenols is 2. The number of aliphatic hydroxyl groups is 1. The standard InChI is InChI=1S/C20H23NO4.ClH/c1-2-21-12-11-20(25,15-5-9-17(23)10-6-15)18(13-21)19(24)14-3-7-16(22)8-4-14;/h3-10,18,22-23,25H,2,11-13H2,1H3;1H/t18-,20+;/m0./s1. The van der Waals surface area contributed by atoms with Gasteiger partial charge in [-0.25, -0.2) is 0 Å². The average Bonchev–Trinajstić information content (AvgIpc) is 2.62. The molecule has 5 nitrogen and oxygen atoms in total. The molecular weight excluding hydrogens is 354 g/mol. The van der Waals surface area contributed by atoms with E-state index in [1.165, 1.54) is 24.3 Å². The van der Waals surface area contributed by atoms with E-state index < -0.39 is 11.5 Å². The molecule has 6 heteroatoms. The second kappa shape index (κ2) is 8.08. The highest BCUT2D eigenvalue weighted by molar-refractivity contribution is 5.99. The van der Waals surface area contributed by atoms with Crippen molar-refractivity contribution >= 4 is 18.2 Å². The van der Waals surface area contributed by atoms with Crippen molar-refractivity contribution in [3.05, 3.63) is 59.7 Å². The molecule has 1 aliphatic rings. The molecular formula is C20H24ClNO4. The van der Waals surface area contributed by atoms with E-state index in [1.54, 1.807) is 24.3 Å². The van der Waals surface area contributed by atoms with E-state index in [9.17, 15) is 20.1 Å². The molecule has 2 aromatic rings. The molecule has 1 saturated heterocycles. The van der Waals surface area contributed by atoms with E-state index in [1.807, 2.05) is 6.92 Å². The van der Waals surface area contributed by atoms with Crippen molar-refractivity contribution in [1.82, 2.24) is 4.90 Å². The molecule has 0 radical (unpaired) electrons. The lowest BCUT2D eigenvalue weighted by atomic mass is 9.72. The Morgan fingerprint density at radius 3 is 2.15 bits per heavy atom. The predicted molar refractivity (Wildman–Crippen MR) is 102 cm³/mol. The van der Waals surface area contributed by atoms with Gasteiger partial charge in [0.15, 0.2) is 5.78 Å². The topological polar surface area (TPSA) is 81.0 Å². The summed E-state index contributed by atoms with van der Waals surface area (Å²) in [7, 11) is 0. The monoisotopic (exact) mass is 377 g/mol. The van der Waals surface area contributed by atoms with Crippen LogP contribution in [0.5, 0.6) is 11.5 Å². The van der Waals surface area contributed by atoms with Gasteiger partial charge in [0.2, 0.25) is 0 Å². The number of halogens is 1. The first-order chi connectivity index (χ1) is 11.9. The van der Waals surface area contributed by atoms with Gasteiger partial charge in [-0.3, -0.25) is 4.79 Å². The smallest absolute Gasteiger partial charge is 0.170 e. The predicted octanol–water partition coefficient (Wildman–Crippen LogP) is 2.93. The van der Waals surface area contributed by atoms with Gasteiger partial charge in [-0.15, -0.1) is 12.4 Å². The average molecular weight is 378 g/mol. The van der Waals surface area contributed by atoms with Gasteiger partial charge >= 0.3 is 0 Å². The molecule has 3 rings (SSSR count). The Labute approximate surface area is 159 Å². The van der Waals surface area contributed by atoms with Gasteiger partial charge in [0.1, 0.15) is 17.1 Å². The Morgan fingerprint density at radius 1 is 1.08 bits per heavy atom. The van der Waals surface area contributed by atoms with E-state index in [2.05, 4.69) is 4.90 Å². The maximum atomic E-state index is 13.1. The van der Waals surface area contributed by atoms with E-state index in [-0.39, 0.29) is 29.7 Å². The molecule has 140 valence electrons. The third-order valence-corrected chi connectivity index (χ3v) is 5.11. The summed E-state index contributed by atoms with van der Waals surface area (Å²) in [4.78, 5) is 15.3. The summed E-state index contributed by atoms with van der Waals surface area (Å²) in [6, 6.07) is 12.5. The van der Waals surface area contributed by atoms with Gasteiger partial charge < -0.3 is 20.2 Å². The fourth-order valence-electron chi connectivity index (χ4n) is 3.51. The van der Waals surface area contributed by atoms with E-state index >= 15 is 0 Å². The molecule has 2 atom stereocenters. The van der Waals surface area contributed by atoms with E-state index in [0.717, 1.165) is 6.54 Å². The minimum absolute atomic E-state index is 0. The Bertz CT molecular complexity index is 747. The number of Topliss-reactive ketones (excluding diaryl/α,β-unsaturated/α-hetero) is 1. The minimum Gasteiger partial charge on any atom is -0.508 e. The molecule has 3 N–H and O–H groups in total. The molecule has 0 aromatic heterocycles. The number of ketones is 1. The number of carbonyl (C=O) groups excluding carboxylic acids is 1. The van der Waals surface area contributed by atoms with Crippen LogP contribution in [0.4, 0.5) is 0 Å². The zero-order valence-electron chi connectivity index (χ0n) is 14.6. The Balaban J connectivity index is 0.00000243. The molecule has 0 unspecified atom stereocenters. The molecule has 26 heavy (non-hydrogen) atoms. The third-order valence-electron chi connectivity index (χ3n) is 5.11. The van der Waals surface area contributed by atoms with Gasteiger partial charge in [0.05, 0.1) is 5.92 Å².